The van der Waals surface area contributed by atoms with E-state index in [4.69, 9.17) is 18.9 Å². The summed E-state index contributed by atoms with van der Waals surface area (Å²) in [5, 5.41) is 13.2. The number of carbonyl (C=O) groups is 1. The first-order chi connectivity index (χ1) is 19.9. The third-order valence-corrected chi connectivity index (χ3v) is 6.64. The molecule has 12 nitrogen and oxygen atoms in total. The Morgan fingerprint density at radius 3 is 2.49 bits per heavy atom. The number of para-hydroxylation sites is 2. The molecule has 3 aromatic rings. The number of rotatable bonds is 13. The quantitative estimate of drug-likeness (QED) is 0.285. The third kappa shape index (κ3) is 7.68. The van der Waals surface area contributed by atoms with Crippen LogP contribution in [0.5, 0.6) is 23.0 Å². The van der Waals surface area contributed by atoms with Crippen molar-refractivity contribution < 1.29 is 28.8 Å². The van der Waals surface area contributed by atoms with Gasteiger partial charge in [0.1, 0.15) is 11.6 Å². The van der Waals surface area contributed by atoms with Crippen molar-refractivity contribution >= 4 is 29.2 Å². The molecule has 1 aliphatic heterocycles. The van der Waals surface area contributed by atoms with E-state index in [-0.39, 0.29) is 11.8 Å². The Morgan fingerprint density at radius 2 is 1.78 bits per heavy atom. The lowest BCUT2D eigenvalue weighted by Gasteiger charge is -2.32. The van der Waals surface area contributed by atoms with Crippen LogP contribution in [0.1, 0.15) is 13.3 Å². The zero-order valence-electron chi connectivity index (χ0n) is 24.0. The average molecular weight is 567 g/mol. The SMILES string of the molecule is CCOc1ccccc1N(C(=O)O)c1ccnc(Nc2cc(OC)c(OC)c(OCCCN3CCN(C)CC3)c2)n1. The maximum Gasteiger partial charge on any atom is 0.417 e. The number of nitrogens with one attached hydrogen (secondary N) is 1. The Labute approximate surface area is 240 Å². The van der Waals surface area contributed by atoms with E-state index in [1.807, 2.05) is 6.92 Å². The molecule has 41 heavy (non-hydrogen) atoms. The molecule has 4 rings (SSSR count). The zero-order valence-corrected chi connectivity index (χ0v) is 24.0. The monoisotopic (exact) mass is 566 g/mol. The molecule has 1 fully saturated rings. The van der Waals surface area contributed by atoms with E-state index in [1.54, 1.807) is 50.6 Å². The maximum atomic E-state index is 12.3. The molecule has 0 bridgehead atoms. The van der Waals surface area contributed by atoms with Gasteiger partial charge in [0.2, 0.25) is 11.7 Å². The lowest BCUT2D eigenvalue weighted by Crippen LogP contribution is -2.44. The van der Waals surface area contributed by atoms with Crippen LogP contribution in [0.4, 0.5) is 27.9 Å². The minimum absolute atomic E-state index is 0.156. The summed E-state index contributed by atoms with van der Waals surface area (Å²) in [6.07, 6.45) is 1.15. The van der Waals surface area contributed by atoms with Crippen LogP contribution in [-0.4, -0.2) is 98.2 Å². The predicted molar refractivity (Wildman–Crippen MR) is 157 cm³/mol. The fourth-order valence-corrected chi connectivity index (χ4v) is 4.56. The molecule has 220 valence electrons. The first-order valence-electron chi connectivity index (χ1n) is 13.6. The number of anilines is 4. The van der Waals surface area contributed by atoms with Crippen molar-refractivity contribution in [1.82, 2.24) is 19.8 Å². The van der Waals surface area contributed by atoms with Gasteiger partial charge in [-0.15, -0.1) is 0 Å². The highest BCUT2D eigenvalue weighted by atomic mass is 16.5. The van der Waals surface area contributed by atoms with Gasteiger partial charge in [0, 0.05) is 62.8 Å². The molecular formula is C29H38N6O6. The summed E-state index contributed by atoms with van der Waals surface area (Å²) in [7, 11) is 5.26. The number of methoxy groups -OCH3 is 2. The van der Waals surface area contributed by atoms with E-state index in [0.717, 1.165) is 44.0 Å². The molecule has 0 spiro atoms. The molecule has 2 aromatic carbocycles. The first-order valence-corrected chi connectivity index (χ1v) is 13.6. The topological polar surface area (TPSA) is 122 Å². The van der Waals surface area contributed by atoms with E-state index >= 15 is 0 Å². The summed E-state index contributed by atoms with van der Waals surface area (Å²) < 4.78 is 22.9. The third-order valence-electron chi connectivity index (χ3n) is 6.64. The Hall–Kier alpha value is -4.29. The lowest BCUT2D eigenvalue weighted by molar-refractivity contribution is 0.145. The summed E-state index contributed by atoms with van der Waals surface area (Å²) in [5.41, 5.74) is 0.940. The average Bonchev–Trinajstić information content (AvgIpc) is 2.97. The molecule has 0 atom stereocenters. The van der Waals surface area contributed by atoms with Crippen LogP contribution in [-0.2, 0) is 0 Å². The summed E-state index contributed by atoms with van der Waals surface area (Å²) in [6.45, 7) is 7.96. The normalized spacial score (nSPS) is 13.9. The predicted octanol–water partition coefficient (Wildman–Crippen LogP) is 4.47. The second-order valence-corrected chi connectivity index (χ2v) is 9.44. The van der Waals surface area contributed by atoms with Crippen LogP contribution in [0.3, 0.4) is 0 Å². The zero-order chi connectivity index (χ0) is 29.2. The van der Waals surface area contributed by atoms with Gasteiger partial charge < -0.3 is 39.2 Å². The maximum absolute atomic E-state index is 12.3. The van der Waals surface area contributed by atoms with Crippen LogP contribution >= 0.6 is 0 Å². The van der Waals surface area contributed by atoms with Gasteiger partial charge in [-0.2, -0.15) is 4.98 Å². The van der Waals surface area contributed by atoms with Gasteiger partial charge in [0.15, 0.2) is 11.5 Å². The van der Waals surface area contributed by atoms with Crippen molar-refractivity contribution in [3.05, 3.63) is 48.7 Å². The van der Waals surface area contributed by atoms with Crippen LogP contribution < -0.4 is 29.2 Å². The molecule has 12 heteroatoms. The van der Waals surface area contributed by atoms with Gasteiger partial charge in [-0.25, -0.2) is 14.7 Å². The number of amides is 1. The van der Waals surface area contributed by atoms with E-state index in [2.05, 4.69) is 32.1 Å². The van der Waals surface area contributed by atoms with Gasteiger partial charge >= 0.3 is 6.09 Å². The van der Waals surface area contributed by atoms with Crippen molar-refractivity contribution in [2.45, 2.75) is 13.3 Å². The van der Waals surface area contributed by atoms with Crippen LogP contribution in [0.15, 0.2) is 48.7 Å². The van der Waals surface area contributed by atoms with E-state index in [0.29, 0.717) is 47.6 Å². The van der Waals surface area contributed by atoms with Crippen molar-refractivity contribution in [1.29, 1.82) is 0 Å². The number of hydrogen-bond donors (Lipinski definition) is 2. The van der Waals surface area contributed by atoms with Crippen LogP contribution in [0, 0.1) is 0 Å². The second kappa shape index (κ2) is 14.4. The number of benzene rings is 2. The number of carboxylic acid groups (broad SMARTS) is 1. The smallest absolute Gasteiger partial charge is 0.417 e. The number of aromatic nitrogens is 2. The summed E-state index contributed by atoms with van der Waals surface area (Å²) in [5.74, 6) is 2.25. The van der Waals surface area contributed by atoms with Crippen molar-refractivity contribution in [2.75, 3.05) is 77.4 Å². The molecular weight excluding hydrogens is 528 g/mol. The first kappa shape index (κ1) is 29.7. The lowest BCUT2D eigenvalue weighted by atomic mass is 10.2. The van der Waals surface area contributed by atoms with Gasteiger partial charge in [0.05, 0.1) is 33.1 Å². The Balaban J connectivity index is 1.52. The molecule has 1 saturated heterocycles. The second-order valence-electron chi connectivity index (χ2n) is 9.44. The fourth-order valence-electron chi connectivity index (χ4n) is 4.56. The molecule has 1 aliphatic rings. The Bertz CT molecular complexity index is 1300. The summed E-state index contributed by atoms with van der Waals surface area (Å²) >= 11 is 0. The Kier molecular flexibility index (Phi) is 10.4. The number of piperazine rings is 1. The van der Waals surface area contributed by atoms with Crippen LogP contribution in [0.2, 0.25) is 0 Å². The molecule has 0 saturated carbocycles. The number of hydrogen-bond acceptors (Lipinski definition) is 10. The highest BCUT2D eigenvalue weighted by Gasteiger charge is 2.23. The molecule has 1 aromatic heterocycles. The summed E-state index contributed by atoms with van der Waals surface area (Å²) in [6, 6.07) is 11.9. The van der Waals surface area contributed by atoms with Crippen molar-refractivity contribution in [3.63, 3.8) is 0 Å². The largest absolute Gasteiger partial charge is 0.493 e. The van der Waals surface area contributed by atoms with Gasteiger partial charge in [0.25, 0.3) is 0 Å². The van der Waals surface area contributed by atoms with Crippen LogP contribution in [0.25, 0.3) is 0 Å². The molecule has 2 N–H and O–H groups in total. The van der Waals surface area contributed by atoms with Crippen molar-refractivity contribution in [2.24, 2.45) is 0 Å². The van der Waals surface area contributed by atoms with E-state index in [9.17, 15) is 9.90 Å². The molecule has 0 aliphatic carbocycles. The van der Waals surface area contributed by atoms with E-state index in [1.165, 1.54) is 12.3 Å². The van der Waals surface area contributed by atoms with Crippen molar-refractivity contribution in [3.8, 4) is 23.0 Å². The fraction of sp³-hybridized carbons (Fsp3) is 0.414. The van der Waals surface area contributed by atoms with Gasteiger partial charge in [-0.05, 0) is 32.5 Å². The number of likely N-dealkylation sites (N-methyl/N-ethyl adjacent to an activating group) is 1. The molecule has 1 amide bonds. The minimum atomic E-state index is -1.21. The molecule has 0 radical (unpaired) electrons. The highest BCUT2D eigenvalue weighted by molar-refractivity contribution is 5.95. The van der Waals surface area contributed by atoms with E-state index < -0.39 is 6.09 Å². The summed E-state index contributed by atoms with van der Waals surface area (Å²) in [4.78, 5) is 26.9. The minimum Gasteiger partial charge on any atom is -0.493 e. The highest BCUT2D eigenvalue weighted by Crippen LogP contribution is 2.41. The number of nitrogens with zero attached hydrogens (tertiary/aromatic N) is 5. The van der Waals surface area contributed by atoms with Gasteiger partial charge in [-0.1, -0.05) is 12.1 Å². The molecule has 0 unspecified atom stereocenters. The van der Waals surface area contributed by atoms with Gasteiger partial charge in [-0.3, -0.25) is 0 Å². The number of ether oxygens (including phenoxy) is 4. The Morgan fingerprint density at radius 1 is 1.02 bits per heavy atom. The molecule has 2 heterocycles. The standard InChI is InChI=1S/C29H38N6O6/c1-5-40-23-10-7-6-9-22(23)35(29(36)37)26-11-12-30-28(32-26)31-21-19-24(38-3)27(39-4)25(20-21)41-18-8-13-34-16-14-33(2)15-17-34/h6-7,9-12,19-20H,5,8,13-18H2,1-4H3,(H,36,37)(H,30,31,32).